The van der Waals surface area contributed by atoms with Gasteiger partial charge in [0.25, 0.3) is 0 Å². The van der Waals surface area contributed by atoms with Gasteiger partial charge in [-0.05, 0) is 10.8 Å². The zero-order valence-electron chi connectivity index (χ0n) is 12.2. The Kier molecular flexibility index (Phi) is 6.09. The maximum absolute atomic E-state index is 11.3. The van der Waals surface area contributed by atoms with Crippen LogP contribution in [0.4, 0.5) is 0 Å². The van der Waals surface area contributed by atoms with E-state index in [-0.39, 0.29) is 10.8 Å². The van der Waals surface area contributed by atoms with Gasteiger partial charge in [-0.1, -0.05) is 41.5 Å². The molecule has 0 heterocycles. The maximum Gasteiger partial charge on any atom is 0.331 e. The fourth-order valence-corrected chi connectivity index (χ4v) is 0.808. The molecule has 0 saturated carbocycles. The molecule has 0 saturated heterocycles. The molecule has 0 aliphatic heterocycles. The molecule has 0 aromatic heterocycles. The van der Waals surface area contributed by atoms with Crippen LogP contribution < -0.4 is 0 Å². The second kappa shape index (κ2) is 6.57. The zero-order chi connectivity index (χ0) is 14.4. The largest absolute Gasteiger partial charge is 0.462 e. The topological polar surface area (TPSA) is 52.6 Å². The molecule has 0 aromatic carbocycles. The lowest BCUT2D eigenvalue weighted by molar-refractivity contribution is -0.143. The van der Waals surface area contributed by atoms with E-state index in [0.29, 0.717) is 13.2 Å². The Bertz CT molecular complexity index is 284. The first-order valence-corrected chi connectivity index (χ1v) is 6.01. The zero-order valence-corrected chi connectivity index (χ0v) is 12.2. The van der Waals surface area contributed by atoms with E-state index >= 15 is 0 Å². The molecule has 0 unspecified atom stereocenters. The van der Waals surface area contributed by atoms with Crippen LogP contribution in [0.1, 0.15) is 41.5 Å². The van der Waals surface area contributed by atoms with Gasteiger partial charge in [0.2, 0.25) is 0 Å². The van der Waals surface area contributed by atoms with Crippen molar-refractivity contribution in [1.82, 2.24) is 0 Å². The molecule has 0 rings (SSSR count). The number of hydrogen-bond donors (Lipinski definition) is 0. The molecule has 0 spiro atoms. The Hall–Kier alpha value is -1.32. The van der Waals surface area contributed by atoms with E-state index in [4.69, 9.17) is 9.47 Å². The number of carbonyl (C=O) groups is 2. The lowest BCUT2D eigenvalue weighted by Crippen LogP contribution is -2.18. The number of esters is 2. The van der Waals surface area contributed by atoms with Crippen LogP contribution in [0.3, 0.4) is 0 Å². The van der Waals surface area contributed by atoms with E-state index < -0.39 is 11.9 Å². The Morgan fingerprint density at radius 3 is 1.28 bits per heavy atom. The highest BCUT2D eigenvalue weighted by atomic mass is 16.5. The maximum atomic E-state index is 11.3. The van der Waals surface area contributed by atoms with Crippen LogP contribution in [0.2, 0.25) is 0 Å². The molecule has 4 heteroatoms. The third kappa shape index (κ3) is 11.2. The number of carbonyl (C=O) groups excluding carboxylic acids is 2. The van der Waals surface area contributed by atoms with Crippen LogP contribution in [0.15, 0.2) is 12.2 Å². The summed E-state index contributed by atoms with van der Waals surface area (Å²) < 4.78 is 9.94. The van der Waals surface area contributed by atoms with Crippen molar-refractivity contribution in [2.45, 2.75) is 41.5 Å². The first kappa shape index (κ1) is 16.7. The molecule has 4 nitrogen and oxygen atoms in total. The van der Waals surface area contributed by atoms with Crippen molar-refractivity contribution in [2.75, 3.05) is 13.2 Å². The van der Waals surface area contributed by atoms with Crippen LogP contribution in [-0.2, 0) is 19.1 Å². The highest BCUT2D eigenvalue weighted by Crippen LogP contribution is 2.13. The van der Waals surface area contributed by atoms with E-state index in [1.165, 1.54) is 0 Å². The molecular weight excluding hydrogens is 232 g/mol. The summed E-state index contributed by atoms with van der Waals surface area (Å²) in [6.45, 7) is 12.4. The summed E-state index contributed by atoms with van der Waals surface area (Å²) in [5.74, 6) is -1.06. The Morgan fingerprint density at radius 2 is 1.06 bits per heavy atom. The Balaban J connectivity index is 4.00. The summed E-state index contributed by atoms with van der Waals surface area (Å²) in [5.41, 5.74) is -0.174. The highest BCUT2D eigenvalue weighted by Gasteiger charge is 2.14. The third-order valence-corrected chi connectivity index (χ3v) is 1.65. The highest BCUT2D eigenvalue weighted by molar-refractivity contribution is 5.91. The summed E-state index contributed by atoms with van der Waals surface area (Å²) in [4.78, 5) is 22.6. The molecule has 0 radical (unpaired) electrons. The van der Waals surface area contributed by atoms with Crippen molar-refractivity contribution in [2.24, 2.45) is 10.8 Å². The number of hydrogen-bond acceptors (Lipinski definition) is 4. The molecular formula is C14H24O4. The minimum Gasteiger partial charge on any atom is -0.462 e. The second-order valence-corrected chi connectivity index (χ2v) is 6.67. The van der Waals surface area contributed by atoms with Gasteiger partial charge >= 0.3 is 11.9 Å². The average Bonchev–Trinajstić information content (AvgIpc) is 2.18. The molecule has 0 aliphatic carbocycles. The van der Waals surface area contributed by atoms with Gasteiger partial charge < -0.3 is 9.47 Å². The van der Waals surface area contributed by atoms with Crippen LogP contribution in [0.25, 0.3) is 0 Å². The standard InChI is InChI=1S/C14H24O4/c1-13(2,3)9-17-11(15)7-8-12(16)18-10-14(4,5)6/h7-8H,9-10H2,1-6H3/b8-7+. The molecule has 0 aromatic rings. The molecule has 104 valence electrons. The molecule has 0 N–H and O–H groups in total. The van der Waals surface area contributed by atoms with E-state index in [1.807, 2.05) is 41.5 Å². The van der Waals surface area contributed by atoms with Gasteiger partial charge in [0.15, 0.2) is 0 Å². The van der Waals surface area contributed by atoms with Gasteiger partial charge in [-0.15, -0.1) is 0 Å². The molecule has 18 heavy (non-hydrogen) atoms. The van der Waals surface area contributed by atoms with Gasteiger partial charge in [0.05, 0.1) is 13.2 Å². The fourth-order valence-electron chi connectivity index (χ4n) is 0.808. The van der Waals surface area contributed by atoms with Crippen molar-refractivity contribution in [3.63, 3.8) is 0 Å². The lowest BCUT2D eigenvalue weighted by atomic mass is 9.99. The van der Waals surface area contributed by atoms with E-state index in [9.17, 15) is 9.59 Å². The fraction of sp³-hybridized carbons (Fsp3) is 0.714. The molecule has 0 amide bonds. The number of ether oxygens (including phenoxy) is 2. The molecule has 0 atom stereocenters. The SMILES string of the molecule is CC(C)(C)COC(=O)/C=C/C(=O)OCC(C)(C)C. The third-order valence-electron chi connectivity index (χ3n) is 1.65. The van der Waals surface area contributed by atoms with Crippen molar-refractivity contribution in [1.29, 1.82) is 0 Å². The van der Waals surface area contributed by atoms with Crippen LogP contribution in [0, 0.1) is 10.8 Å². The first-order valence-electron chi connectivity index (χ1n) is 6.01. The minimum atomic E-state index is -0.530. The van der Waals surface area contributed by atoms with Crippen molar-refractivity contribution in [3.8, 4) is 0 Å². The summed E-state index contributed by atoms with van der Waals surface area (Å²) in [5, 5.41) is 0. The summed E-state index contributed by atoms with van der Waals surface area (Å²) in [6, 6.07) is 0. The van der Waals surface area contributed by atoms with Gasteiger partial charge in [-0.3, -0.25) is 0 Å². The first-order chi connectivity index (χ1) is 7.99. The Labute approximate surface area is 109 Å². The molecule has 0 bridgehead atoms. The summed E-state index contributed by atoms with van der Waals surface area (Å²) >= 11 is 0. The van der Waals surface area contributed by atoms with Crippen LogP contribution in [-0.4, -0.2) is 25.2 Å². The van der Waals surface area contributed by atoms with Crippen molar-refractivity contribution in [3.05, 3.63) is 12.2 Å². The van der Waals surface area contributed by atoms with Crippen LogP contribution in [0.5, 0.6) is 0 Å². The van der Waals surface area contributed by atoms with E-state index in [1.54, 1.807) is 0 Å². The van der Waals surface area contributed by atoms with Gasteiger partial charge in [0.1, 0.15) is 0 Å². The predicted octanol–water partition coefficient (Wildman–Crippen LogP) is 2.72. The second-order valence-electron chi connectivity index (χ2n) is 6.67. The number of rotatable bonds is 4. The smallest absolute Gasteiger partial charge is 0.331 e. The van der Waals surface area contributed by atoms with Gasteiger partial charge in [-0.2, -0.15) is 0 Å². The van der Waals surface area contributed by atoms with Crippen LogP contribution >= 0.6 is 0 Å². The van der Waals surface area contributed by atoms with Crippen molar-refractivity contribution >= 4 is 11.9 Å². The van der Waals surface area contributed by atoms with E-state index in [2.05, 4.69) is 0 Å². The normalized spacial score (nSPS) is 12.6. The predicted molar refractivity (Wildman–Crippen MR) is 70.0 cm³/mol. The quantitative estimate of drug-likeness (QED) is 0.573. The summed E-state index contributed by atoms with van der Waals surface area (Å²) in [6.07, 6.45) is 2.19. The minimum absolute atomic E-state index is 0.0871. The van der Waals surface area contributed by atoms with Crippen molar-refractivity contribution < 1.29 is 19.1 Å². The van der Waals surface area contributed by atoms with Gasteiger partial charge in [0, 0.05) is 12.2 Å². The van der Waals surface area contributed by atoms with E-state index in [0.717, 1.165) is 12.2 Å². The average molecular weight is 256 g/mol. The Morgan fingerprint density at radius 1 is 0.778 bits per heavy atom. The van der Waals surface area contributed by atoms with Gasteiger partial charge in [-0.25, -0.2) is 9.59 Å². The molecule has 0 aliphatic rings. The lowest BCUT2D eigenvalue weighted by Gasteiger charge is -2.17. The monoisotopic (exact) mass is 256 g/mol. The molecule has 0 fully saturated rings. The summed E-state index contributed by atoms with van der Waals surface area (Å²) in [7, 11) is 0.